The maximum atomic E-state index is 11.4. The van der Waals surface area contributed by atoms with Crippen LogP contribution in [-0.2, 0) is 4.79 Å². The molecule has 1 rings (SSSR count). The van der Waals surface area contributed by atoms with Crippen molar-refractivity contribution in [3.05, 3.63) is 17.2 Å². The molecule has 0 aromatic heterocycles. The molecule has 6 heteroatoms. The lowest BCUT2D eigenvalue weighted by molar-refractivity contribution is -0.115. The number of amides is 1. The average molecular weight is 278 g/mol. The van der Waals surface area contributed by atoms with Gasteiger partial charge in [0.05, 0.1) is 24.9 Å². The number of nitrogens with one attached hydrogen (secondary N) is 1. The number of methoxy groups -OCH3 is 2. The third kappa shape index (κ3) is 3.68. The Morgan fingerprint density at radius 1 is 1.29 bits per heavy atom. The van der Waals surface area contributed by atoms with Crippen molar-refractivity contribution in [1.82, 2.24) is 0 Å². The Kier molecular flexibility index (Phi) is 5.38. The van der Waals surface area contributed by atoms with Crippen LogP contribution in [0.4, 0.5) is 5.69 Å². The first-order chi connectivity index (χ1) is 8.12. The Balaban J connectivity index is 2.96. The molecule has 0 saturated heterocycles. The highest BCUT2D eigenvalue weighted by atomic mass is 35.5. The fourth-order valence-electron chi connectivity index (χ4n) is 1.25. The summed E-state index contributed by atoms with van der Waals surface area (Å²) in [6.07, 6.45) is 0.228. The quantitative estimate of drug-likeness (QED) is 0.842. The fourth-order valence-corrected chi connectivity index (χ4v) is 1.62. The Hall–Kier alpha value is -1.13. The summed E-state index contributed by atoms with van der Waals surface area (Å²) in [5.74, 6) is 1.07. The van der Waals surface area contributed by atoms with Gasteiger partial charge >= 0.3 is 0 Å². The summed E-state index contributed by atoms with van der Waals surface area (Å²) < 4.78 is 10.2. The van der Waals surface area contributed by atoms with Gasteiger partial charge < -0.3 is 14.8 Å². The monoisotopic (exact) mass is 277 g/mol. The second-order valence-corrected chi connectivity index (χ2v) is 3.96. The van der Waals surface area contributed by atoms with Gasteiger partial charge in [0.1, 0.15) is 0 Å². The van der Waals surface area contributed by atoms with Crippen LogP contribution < -0.4 is 14.8 Å². The summed E-state index contributed by atoms with van der Waals surface area (Å²) in [7, 11) is 3.02. The predicted molar refractivity (Wildman–Crippen MR) is 68.5 cm³/mol. The molecule has 1 aromatic carbocycles. The minimum atomic E-state index is -0.200. The van der Waals surface area contributed by atoms with Crippen LogP contribution >= 0.6 is 23.2 Å². The molecule has 17 heavy (non-hydrogen) atoms. The van der Waals surface area contributed by atoms with Crippen molar-refractivity contribution in [2.45, 2.75) is 6.42 Å². The Bertz CT molecular complexity index is 410. The van der Waals surface area contributed by atoms with Gasteiger partial charge in [0.15, 0.2) is 11.5 Å². The van der Waals surface area contributed by atoms with Crippen molar-refractivity contribution >= 4 is 34.8 Å². The second kappa shape index (κ2) is 6.57. The lowest BCUT2D eigenvalue weighted by atomic mass is 10.2. The van der Waals surface area contributed by atoms with Crippen molar-refractivity contribution in [3.63, 3.8) is 0 Å². The van der Waals surface area contributed by atoms with Gasteiger partial charge in [0.25, 0.3) is 0 Å². The first-order valence-corrected chi connectivity index (χ1v) is 5.81. The Morgan fingerprint density at radius 3 is 2.41 bits per heavy atom. The van der Waals surface area contributed by atoms with Crippen LogP contribution in [0.5, 0.6) is 11.5 Å². The SMILES string of the molecule is COc1cc(Cl)c(NC(=O)CCCl)cc1OC. The average Bonchev–Trinajstić information content (AvgIpc) is 2.31. The van der Waals surface area contributed by atoms with E-state index in [2.05, 4.69) is 5.32 Å². The molecular weight excluding hydrogens is 265 g/mol. The first kappa shape index (κ1) is 13.9. The maximum absolute atomic E-state index is 11.4. The number of carbonyl (C=O) groups excluding carboxylic acids is 1. The number of anilines is 1. The standard InChI is InChI=1S/C11H13Cl2NO3/c1-16-9-5-7(13)8(6-10(9)17-2)14-11(15)3-4-12/h5-6H,3-4H2,1-2H3,(H,14,15). The summed E-state index contributed by atoms with van der Waals surface area (Å²) in [6.45, 7) is 0. The van der Waals surface area contributed by atoms with Gasteiger partial charge in [-0.25, -0.2) is 0 Å². The van der Waals surface area contributed by atoms with Crippen LogP contribution in [0.15, 0.2) is 12.1 Å². The molecule has 94 valence electrons. The number of carbonyl (C=O) groups is 1. The smallest absolute Gasteiger partial charge is 0.225 e. The lowest BCUT2D eigenvalue weighted by Gasteiger charge is -2.12. The highest BCUT2D eigenvalue weighted by Crippen LogP contribution is 2.35. The first-order valence-electron chi connectivity index (χ1n) is 4.89. The highest BCUT2D eigenvalue weighted by molar-refractivity contribution is 6.34. The highest BCUT2D eigenvalue weighted by Gasteiger charge is 2.11. The molecule has 0 fully saturated rings. The topological polar surface area (TPSA) is 47.6 Å². The van der Waals surface area contributed by atoms with E-state index in [0.29, 0.717) is 22.2 Å². The van der Waals surface area contributed by atoms with Crippen LogP contribution in [0.25, 0.3) is 0 Å². The molecule has 1 N–H and O–H groups in total. The van der Waals surface area contributed by atoms with E-state index in [1.54, 1.807) is 12.1 Å². The molecule has 0 saturated carbocycles. The van der Waals surface area contributed by atoms with E-state index in [-0.39, 0.29) is 18.2 Å². The van der Waals surface area contributed by atoms with Crippen LogP contribution in [0.2, 0.25) is 5.02 Å². The number of ether oxygens (including phenoxy) is 2. The lowest BCUT2D eigenvalue weighted by Crippen LogP contribution is -2.12. The van der Waals surface area contributed by atoms with E-state index in [9.17, 15) is 4.79 Å². The largest absolute Gasteiger partial charge is 0.493 e. The number of hydrogen-bond donors (Lipinski definition) is 1. The van der Waals surface area contributed by atoms with E-state index in [1.807, 2.05) is 0 Å². The van der Waals surface area contributed by atoms with Gasteiger partial charge in [0.2, 0.25) is 5.91 Å². The normalized spacial score (nSPS) is 9.88. The van der Waals surface area contributed by atoms with Gasteiger partial charge in [0, 0.05) is 24.4 Å². The number of benzene rings is 1. The van der Waals surface area contributed by atoms with Crippen molar-refractivity contribution in [1.29, 1.82) is 0 Å². The number of alkyl halides is 1. The molecule has 0 heterocycles. The van der Waals surface area contributed by atoms with Crippen molar-refractivity contribution in [2.75, 3.05) is 25.4 Å². The predicted octanol–water partition coefficient (Wildman–Crippen LogP) is 2.92. The van der Waals surface area contributed by atoms with E-state index in [0.717, 1.165) is 0 Å². The van der Waals surface area contributed by atoms with Gasteiger partial charge in [-0.2, -0.15) is 0 Å². The van der Waals surface area contributed by atoms with Gasteiger partial charge in [-0.05, 0) is 0 Å². The zero-order chi connectivity index (χ0) is 12.8. The van der Waals surface area contributed by atoms with Gasteiger partial charge in [-0.15, -0.1) is 11.6 Å². The van der Waals surface area contributed by atoms with E-state index >= 15 is 0 Å². The van der Waals surface area contributed by atoms with Gasteiger partial charge in [-0.1, -0.05) is 11.6 Å². The van der Waals surface area contributed by atoms with Gasteiger partial charge in [-0.3, -0.25) is 4.79 Å². The third-order valence-electron chi connectivity index (χ3n) is 2.07. The molecule has 0 bridgehead atoms. The molecule has 1 aromatic rings. The minimum Gasteiger partial charge on any atom is -0.493 e. The van der Waals surface area contributed by atoms with Crippen molar-refractivity contribution < 1.29 is 14.3 Å². The molecule has 0 atom stereocenters. The fraction of sp³-hybridized carbons (Fsp3) is 0.364. The van der Waals surface area contributed by atoms with Crippen LogP contribution in [0, 0.1) is 0 Å². The van der Waals surface area contributed by atoms with Crippen LogP contribution in [-0.4, -0.2) is 26.0 Å². The van der Waals surface area contributed by atoms with E-state index in [4.69, 9.17) is 32.7 Å². The summed E-state index contributed by atoms with van der Waals surface area (Å²) in [5, 5.41) is 3.03. The molecular formula is C11H13Cl2NO3. The number of halogens is 2. The number of rotatable bonds is 5. The summed E-state index contributed by atoms with van der Waals surface area (Å²) in [6, 6.07) is 3.18. The molecule has 4 nitrogen and oxygen atoms in total. The summed E-state index contributed by atoms with van der Waals surface area (Å²) >= 11 is 11.5. The minimum absolute atomic E-state index is 0.200. The summed E-state index contributed by atoms with van der Waals surface area (Å²) in [5.41, 5.74) is 0.472. The molecule has 0 aliphatic carbocycles. The zero-order valence-corrected chi connectivity index (χ0v) is 11.1. The van der Waals surface area contributed by atoms with Crippen LogP contribution in [0.1, 0.15) is 6.42 Å². The Labute approximate surface area is 110 Å². The van der Waals surface area contributed by atoms with Crippen LogP contribution in [0.3, 0.4) is 0 Å². The Morgan fingerprint density at radius 2 is 1.88 bits per heavy atom. The molecule has 0 aliphatic heterocycles. The van der Waals surface area contributed by atoms with E-state index < -0.39 is 0 Å². The van der Waals surface area contributed by atoms with Crippen molar-refractivity contribution in [3.8, 4) is 11.5 Å². The third-order valence-corrected chi connectivity index (χ3v) is 2.57. The molecule has 0 unspecified atom stereocenters. The molecule has 0 aliphatic rings. The molecule has 1 amide bonds. The maximum Gasteiger partial charge on any atom is 0.225 e. The molecule has 0 radical (unpaired) electrons. The van der Waals surface area contributed by atoms with Crippen molar-refractivity contribution in [2.24, 2.45) is 0 Å². The second-order valence-electron chi connectivity index (χ2n) is 3.17. The van der Waals surface area contributed by atoms with E-state index in [1.165, 1.54) is 14.2 Å². The number of hydrogen-bond acceptors (Lipinski definition) is 3. The summed E-state index contributed by atoms with van der Waals surface area (Å²) in [4.78, 5) is 11.4. The molecule has 0 spiro atoms. The zero-order valence-electron chi connectivity index (χ0n) is 9.55.